The Morgan fingerprint density at radius 3 is 2.70 bits per heavy atom. The van der Waals surface area contributed by atoms with E-state index >= 15 is 0 Å². The molecule has 2 atom stereocenters. The van der Waals surface area contributed by atoms with Crippen molar-refractivity contribution in [2.75, 3.05) is 19.6 Å². The van der Waals surface area contributed by atoms with E-state index in [1.807, 2.05) is 12.1 Å². The van der Waals surface area contributed by atoms with Crippen LogP contribution >= 0.6 is 0 Å². The van der Waals surface area contributed by atoms with Crippen LogP contribution < -0.4 is 5.32 Å². The fourth-order valence-corrected chi connectivity index (χ4v) is 3.87. The van der Waals surface area contributed by atoms with Crippen LogP contribution in [0.3, 0.4) is 0 Å². The van der Waals surface area contributed by atoms with Gasteiger partial charge in [0.2, 0.25) is 0 Å². The van der Waals surface area contributed by atoms with Crippen molar-refractivity contribution in [3.8, 4) is 0 Å². The fraction of sp³-hybridized carbons (Fsp3) is 0.400. The Bertz CT molecular complexity index is 851. The molecule has 142 valence electrons. The van der Waals surface area contributed by atoms with Crippen molar-refractivity contribution in [2.45, 2.75) is 31.5 Å². The third kappa shape index (κ3) is 3.24. The van der Waals surface area contributed by atoms with E-state index in [4.69, 9.17) is 4.42 Å². The minimum atomic E-state index is -1.23. The van der Waals surface area contributed by atoms with E-state index in [2.05, 4.69) is 22.3 Å². The maximum Gasteiger partial charge on any atom is 0.325 e. The van der Waals surface area contributed by atoms with Gasteiger partial charge in [-0.15, -0.1) is 0 Å². The van der Waals surface area contributed by atoms with Gasteiger partial charge in [-0.25, -0.2) is 4.79 Å². The number of aliphatic hydroxyl groups excluding tert-OH is 1. The molecule has 2 aliphatic rings. The molecule has 27 heavy (non-hydrogen) atoms. The molecule has 7 heteroatoms. The summed E-state index contributed by atoms with van der Waals surface area (Å²) >= 11 is 0. The molecule has 1 saturated heterocycles. The van der Waals surface area contributed by atoms with Gasteiger partial charge in [0.1, 0.15) is 5.76 Å². The van der Waals surface area contributed by atoms with E-state index in [-0.39, 0.29) is 6.54 Å². The molecule has 0 saturated carbocycles. The molecule has 1 aromatic carbocycles. The van der Waals surface area contributed by atoms with E-state index in [1.54, 1.807) is 19.1 Å². The SMILES string of the molecule is CC1(c2ccco2)NC(=O)N(CC(O)CN2CCc3ccccc3C2)C1=O. The highest BCUT2D eigenvalue weighted by atomic mass is 16.3. The van der Waals surface area contributed by atoms with Crippen LogP contribution in [0.25, 0.3) is 0 Å². The predicted octanol–water partition coefficient (Wildman–Crippen LogP) is 1.47. The second kappa shape index (κ2) is 6.83. The molecule has 4 rings (SSSR count). The molecule has 3 heterocycles. The summed E-state index contributed by atoms with van der Waals surface area (Å²) in [5.74, 6) is -0.0315. The summed E-state index contributed by atoms with van der Waals surface area (Å²) in [6, 6.07) is 11.1. The number of carbonyl (C=O) groups is 2. The Morgan fingerprint density at radius 1 is 1.19 bits per heavy atom. The van der Waals surface area contributed by atoms with E-state index in [1.165, 1.54) is 17.4 Å². The number of benzene rings is 1. The van der Waals surface area contributed by atoms with Gasteiger partial charge in [-0.1, -0.05) is 24.3 Å². The maximum absolute atomic E-state index is 12.8. The van der Waals surface area contributed by atoms with Crippen LogP contribution in [0.15, 0.2) is 47.1 Å². The fourth-order valence-electron chi connectivity index (χ4n) is 3.87. The zero-order chi connectivity index (χ0) is 19.0. The lowest BCUT2D eigenvalue weighted by Crippen LogP contribution is -2.45. The number of imide groups is 1. The van der Waals surface area contributed by atoms with E-state index < -0.39 is 23.6 Å². The molecule has 3 amide bonds. The molecule has 0 aliphatic carbocycles. The molecule has 0 spiro atoms. The molecule has 2 aliphatic heterocycles. The Hall–Kier alpha value is -2.64. The van der Waals surface area contributed by atoms with Gasteiger partial charge in [-0.2, -0.15) is 0 Å². The van der Waals surface area contributed by atoms with Gasteiger partial charge in [-0.3, -0.25) is 14.6 Å². The summed E-state index contributed by atoms with van der Waals surface area (Å²) in [4.78, 5) is 28.3. The summed E-state index contributed by atoms with van der Waals surface area (Å²) in [6.07, 6.45) is 1.58. The first-order valence-corrected chi connectivity index (χ1v) is 9.12. The van der Waals surface area contributed by atoms with Crippen molar-refractivity contribution in [3.63, 3.8) is 0 Å². The molecule has 2 unspecified atom stereocenters. The van der Waals surface area contributed by atoms with Gasteiger partial charge in [0.15, 0.2) is 5.54 Å². The first-order valence-electron chi connectivity index (χ1n) is 9.12. The van der Waals surface area contributed by atoms with Gasteiger partial charge in [0.05, 0.1) is 18.9 Å². The number of fused-ring (bicyclic) bond motifs is 1. The number of hydrogen-bond donors (Lipinski definition) is 2. The minimum absolute atomic E-state index is 0.0425. The van der Waals surface area contributed by atoms with E-state index in [9.17, 15) is 14.7 Å². The lowest BCUT2D eigenvalue weighted by atomic mass is 9.99. The van der Waals surface area contributed by atoms with Gasteiger partial charge < -0.3 is 14.8 Å². The molecule has 2 N–H and O–H groups in total. The molecule has 1 fully saturated rings. The third-order valence-electron chi connectivity index (χ3n) is 5.36. The average molecular weight is 369 g/mol. The molecule has 2 aromatic rings. The van der Waals surface area contributed by atoms with Crippen LogP contribution in [-0.4, -0.2) is 52.6 Å². The van der Waals surface area contributed by atoms with E-state index in [0.29, 0.717) is 12.3 Å². The number of nitrogens with zero attached hydrogens (tertiary/aromatic N) is 2. The van der Waals surface area contributed by atoms with Crippen LogP contribution in [0, 0.1) is 0 Å². The number of furan rings is 1. The van der Waals surface area contributed by atoms with Crippen LogP contribution in [0.5, 0.6) is 0 Å². The number of nitrogens with one attached hydrogen (secondary N) is 1. The van der Waals surface area contributed by atoms with Gasteiger partial charge >= 0.3 is 6.03 Å². The zero-order valence-electron chi connectivity index (χ0n) is 15.2. The predicted molar refractivity (Wildman–Crippen MR) is 97.7 cm³/mol. The highest BCUT2D eigenvalue weighted by Crippen LogP contribution is 2.29. The third-order valence-corrected chi connectivity index (χ3v) is 5.36. The Kier molecular flexibility index (Phi) is 4.49. The first kappa shape index (κ1) is 17.8. The molecular formula is C20H23N3O4. The van der Waals surface area contributed by atoms with Crippen molar-refractivity contribution in [1.82, 2.24) is 15.1 Å². The number of carbonyl (C=O) groups excluding carboxylic acids is 2. The normalized spacial score (nSPS) is 24.0. The number of aliphatic hydroxyl groups is 1. The number of urea groups is 1. The second-order valence-corrected chi connectivity index (χ2v) is 7.36. The number of amides is 3. The van der Waals surface area contributed by atoms with Crippen molar-refractivity contribution >= 4 is 11.9 Å². The Morgan fingerprint density at radius 2 is 1.96 bits per heavy atom. The first-order chi connectivity index (χ1) is 13.0. The highest BCUT2D eigenvalue weighted by Gasteiger charge is 2.51. The lowest BCUT2D eigenvalue weighted by molar-refractivity contribution is -0.132. The molecular weight excluding hydrogens is 346 g/mol. The standard InChI is InChI=1S/C20H23N3O4/c1-20(17-7-4-10-27-17)18(25)23(19(26)21-20)13-16(24)12-22-9-8-14-5-2-3-6-15(14)11-22/h2-7,10,16,24H,8-9,11-13H2,1H3,(H,21,26). The molecule has 7 nitrogen and oxygen atoms in total. The van der Waals surface area contributed by atoms with Crippen molar-refractivity contribution in [1.29, 1.82) is 0 Å². The van der Waals surface area contributed by atoms with E-state index in [0.717, 1.165) is 24.4 Å². The zero-order valence-corrected chi connectivity index (χ0v) is 15.2. The monoisotopic (exact) mass is 369 g/mol. The number of hydrogen-bond acceptors (Lipinski definition) is 5. The quantitative estimate of drug-likeness (QED) is 0.780. The van der Waals surface area contributed by atoms with Crippen molar-refractivity contribution < 1.29 is 19.1 Å². The van der Waals surface area contributed by atoms with Crippen LogP contribution in [0.4, 0.5) is 4.79 Å². The summed E-state index contributed by atoms with van der Waals surface area (Å²) in [5, 5.41) is 13.2. The average Bonchev–Trinajstić information content (AvgIpc) is 3.26. The summed E-state index contributed by atoms with van der Waals surface area (Å²) in [5.41, 5.74) is 1.37. The summed E-state index contributed by atoms with van der Waals surface area (Å²) in [7, 11) is 0. The smallest absolute Gasteiger partial charge is 0.325 e. The molecule has 0 radical (unpaired) electrons. The Labute approximate surface area is 157 Å². The van der Waals surface area contributed by atoms with Crippen LogP contribution in [0.2, 0.25) is 0 Å². The highest BCUT2D eigenvalue weighted by molar-refractivity contribution is 6.06. The summed E-state index contributed by atoms with van der Waals surface area (Å²) < 4.78 is 5.31. The van der Waals surface area contributed by atoms with Crippen LogP contribution in [0.1, 0.15) is 23.8 Å². The second-order valence-electron chi connectivity index (χ2n) is 7.36. The molecule has 1 aromatic heterocycles. The number of β-amino-alcohol motifs (C(OH)–C–C–N with tert-alkyl or cyclic N) is 1. The molecule has 0 bridgehead atoms. The van der Waals surface area contributed by atoms with Crippen molar-refractivity contribution in [3.05, 3.63) is 59.5 Å². The lowest BCUT2D eigenvalue weighted by Gasteiger charge is -2.31. The Balaban J connectivity index is 1.39. The largest absolute Gasteiger partial charge is 0.466 e. The van der Waals surface area contributed by atoms with Gasteiger partial charge in [-0.05, 0) is 36.6 Å². The summed E-state index contributed by atoms with van der Waals surface area (Å²) in [6.45, 7) is 3.58. The van der Waals surface area contributed by atoms with Gasteiger partial charge in [0.25, 0.3) is 5.91 Å². The van der Waals surface area contributed by atoms with Crippen LogP contribution in [-0.2, 0) is 23.3 Å². The van der Waals surface area contributed by atoms with Gasteiger partial charge in [0, 0.05) is 19.6 Å². The minimum Gasteiger partial charge on any atom is -0.466 e. The maximum atomic E-state index is 12.8. The topological polar surface area (TPSA) is 86.0 Å². The van der Waals surface area contributed by atoms with Crippen molar-refractivity contribution in [2.24, 2.45) is 0 Å². The number of rotatable bonds is 5.